The average molecular weight is 511 g/mol. The fraction of sp³-hybridized carbons (Fsp3) is 0.174. The molecule has 2 aromatic carbocycles. The Hall–Kier alpha value is -3.51. The maximum Gasteiger partial charge on any atom is 0.208 e. The molecule has 1 unspecified atom stereocenters. The smallest absolute Gasteiger partial charge is 0.208 e. The van der Waals surface area contributed by atoms with Crippen LogP contribution in [0.4, 0.5) is 5.69 Å². The van der Waals surface area contributed by atoms with Gasteiger partial charge in [0.05, 0.1) is 19.2 Å². The fourth-order valence-corrected chi connectivity index (χ4v) is 4.70. The van der Waals surface area contributed by atoms with Crippen molar-refractivity contribution >= 4 is 40.7 Å². The van der Waals surface area contributed by atoms with Gasteiger partial charge < -0.3 is 19.4 Å². The van der Waals surface area contributed by atoms with Crippen LogP contribution in [-0.4, -0.2) is 40.5 Å². The normalized spacial score (nSPS) is 18.7. The van der Waals surface area contributed by atoms with Gasteiger partial charge in [-0.1, -0.05) is 29.4 Å². The Kier molecular flexibility index (Phi) is 6.15. The van der Waals surface area contributed by atoms with Crippen LogP contribution in [0.15, 0.2) is 81.2 Å². The number of aryl methyl sites for hydroxylation is 1. The van der Waals surface area contributed by atoms with Crippen molar-refractivity contribution in [3.63, 3.8) is 0 Å². The first-order valence-electron chi connectivity index (χ1n) is 10.5. The van der Waals surface area contributed by atoms with Crippen molar-refractivity contribution in [2.24, 2.45) is 22.8 Å². The lowest BCUT2D eigenvalue weighted by molar-refractivity contribution is 0.274. The summed E-state index contributed by atoms with van der Waals surface area (Å²) in [4.78, 5) is 14.4. The highest BCUT2D eigenvalue weighted by atomic mass is 35.5. The van der Waals surface area contributed by atoms with Gasteiger partial charge in [0.25, 0.3) is 0 Å². The second-order valence-corrected chi connectivity index (χ2v) is 9.17. The molecule has 0 bridgehead atoms. The topological polar surface area (TPSA) is 114 Å². The van der Waals surface area contributed by atoms with Gasteiger partial charge in [-0.2, -0.15) is 5.43 Å². The van der Waals surface area contributed by atoms with Crippen LogP contribution >= 0.6 is 23.4 Å². The average Bonchev–Trinajstić information content (AvgIpc) is 3.43. The summed E-state index contributed by atoms with van der Waals surface area (Å²) < 4.78 is 12.6. The first-order chi connectivity index (χ1) is 16.9. The molecule has 5 rings (SSSR count). The molecule has 3 aromatic rings. The number of methoxy groups -OCH3 is 2. The quantitative estimate of drug-likeness (QED) is 0.461. The number of ether oxygens (including phenoxy) is 2. The standard InChI is InChI=1S/C23H23ClN8O2S/c1-31-8-6-27-22(31)35-19-5-4-14(10-18(19)24)23(25)29-21-20(26-7-9-32(21)30-23)28-15-11-16(33-2)13-17(12-15)34-3/h4-13,30H,25H2,1-3H3,(H,26,28). The Bertz CT molecular complexity index is 1350. The highest BCUT2D eigenvalue weighted by Gasteiger charge is 2.39. The minimum absolute atomic E-state index is 0.510. The Balaban J connectivity index is 1.41. The number of hydrogen-bond donors (Lipinski definition) is 3. The van der Waals surface area contributed by atoms with E-state index < -0.39 is 5.79 Å². The summed E-state index contributed by atoms with van der Waals surface area (Å²) in [6.45, 7) is 0. The molecule has 2 aliphatic rings. The third-order valence-corrected chi connectivity index (χ3v) is 6.97. The number of hydrazine groups is 1. The number of halogens is 1. The first kappa shape index (κ1) is 23.2. The molecule has 3 heterocycles. The SMILES string of the molecule is COc1cc(NC2=NC=CN3NC(N)(c4ccc(Sc5nccn5C)c(Cl)c4)N=C23)cc(OC)c1. The highest BCUT2D eigenvalue weighted by molar-refractivity contribution is 7.99. The van der Waals surface area contributed by atoms with Gasteiger partial charge in [-0.25, -0.2) is 15.0 Å². The summed E-state index contributed by atoms with van der Waals surface area (Å²) in [5.41, 5.74) is 11.3. The second kappa shape index (κ2) is 9.27. The molecule has 2 aliphatic heterocycles. The minimum atomic E-state index is -1.24. The van der Waals surface area contributed by atoms with Crippen LogP contribution in [0, 0.1) is 0 Å². The molecule has 10 nitrogen and oxygen atoms in total. The van der Waals surface area contributed by atoms with E-state index in [0.717, 1.165) is 15.7 Å². The Morgan fingerprint density at radius 2 is 1.91 bits per heavy atom. The summed E-state index contributed by atoms with van der Waals surface area (Å²) in [6.07, 6.45) is 7.03. The Morgan fingerprint density at radius 3 is 2.57 bits per heavy atom. The van der Waals surface area contributed by atoms with Crippen LogP contribution in [0.2, 0.25) is 5.02 Å². The number of imidazole rings is 1. The van der Waals surface area contributed by atoms with Crippen molar-refractivity contribution in [3.05, 3.63) is 71.8 Å². The van der Waals surface area contributed by atoms with Crippen molar-refractivity contribution in [2.45, 2.75) is 15.8 Å². The third kappa shape index (κ3) is 4.58. The summed E-state index contributed by atoms with van der Waals surface area (Å²) >= 11 is 8.08. The molecule has 180 valence electrons. The van der Waals surface area contributed by atoms with E-state index in [9.17, 15) is 0 Å². The predicted octanol–water partition coefficient (Wildman–Crippen LogP) is 3.53. The third-order valence-electron chi connectivity index (χ3n) is 5.40. The molecule has 12 heteroatoms. The molecule has 35 heavy (non-hydrogen) atoms. The van der Waals surface area contributed by atoms with E-state index in [1.807, 2.05) is 48.1 Å². The largest absolute Gasteiger partial charge is 0.497 e. The van der Waals surface area contributed by atoms with Crippen LogP contribution in [0.3, 0.4) is 0 Å². The van der Waals surface area contributed by atoms with E-state index in [-0.39, 0.29) is 0 Å². The van der Waals surface area contributed by atoms with Crippen molar-refractivity contribution in [1.29, 1.82) is 0 Å². The van der Waals surface area contributed by atoms with Gasteiger partial charge in [0.1, 0.15) is 11.5 Å². The first-order valence-corrected chi connectivity index (χ1v) is 11.7. The number of nitrogens with one attached hydrogen (secondary N) is 2. The second-order valence-electron chi connectivity index (χ2n) is 7.75. The van der Waals surface area contributed by atoms with Gasteiger partial charge in [-0.05, 0) is 12.1 Å². The number of hydrogen-bond acceptors (Lipinski definition) is 10. The van der Waals surface area contributed by atoms with E-state index in [0.29, 0.717) is 33.8 Å². The Morgan fingerprint density at radius 1 is 1.14 bits per heavy atom. The summed E-state index contributed by atoms with van der Waals surface area (Å²) in [5, 5.41) is 6.38. The van der Waals surface area contributed by atoms with Crippen molar-refractivity contribution in [2.75, 3.05) is 19.5 Å². The molecule has 0 aliphatic carbocycles. The lowest BCUT2D eigenvalue weighted by Crippen LogP contribution is -2.51. The van der Waals surface area contributed by atoms with Gasteiger partial charge in [-0.15, -0.1) is 0 Å². The van der Waals surface area contributed by atoms with Crippen LogP contribution in [0.25, 0.3) is 0 Å². The number of aromatic nitrogens is 2. The van der Waals surface area contributed by atoms with Gasteiger partial charge in [-0.3, -0.25) is 10.7 Å². The number of benzene rings is 2. The molecule has 0 fully saturated rings. The number of rotatable bonds is 6. The molecule has 0 saturated carbocycles. The number of nitrogens with zero attached hydrogens (tertiary/aromatic N) is 5. The molecule has 0 saturated heterocycles. The maximum absolute atomic E-state index is 6.69. The lowest BCUT2D eigenvalue weighted by atomic mass is 10.1. The van der Waals surface area contributed by atoms with Gasteiger partial charge in [0.15, 0.2) is 16.8 Å². The zero-order valence-electron chi connectivity index (χ0n) is 19.2. The number of aliphatic imine (C=N–C) groups is 2. The molecule has 1 atom stereocenters. The molecule has 0 spiro atoms. The van der Waals surface area contributed by atoms with Crippen molar-refractivity contribution in [1.82, 2.24) is 20.0 Å². The van der Waals surface area contributed by atoms with Crippen LogP contribution in [0.1, 0.15) is 5.56 Å². The van der Waals surface area contributed by atoms with Gasteiger partial charge in [0.2, 0.25) is 5.79 Å². The zero-order valence-corrected chi connectivity index (χ0v) is 20.8. The van der Waals surface area contributed by atoms with Crippen LogP contribution < -0.4 is 25.9 Å². The summed E-state index contributed by atoms with van der Waals surface area (Å²) in [5.74, 6) is 1.09. The van der Waals surface area contributed by atoms with Gasteiger partial charge >= 0.3 is 0 Å². The monoisotopic (exact) mass is 510 g/mol. The van der Waals surface area contributed by atoms with E-state index in [2.05, 4.69) is 20.7 Å². The number of amidine groups is 2. The van der Waals surface area contributed by atoms with E-state index >= 15 is 0 Å². The van der Waals surface area contributed by atoms with E-state index in [4.69, 9.17) is 31.8 Å². The molecule has 0 amide bonds. The minimum Gasteiger partial charge on any atom is -0.497 e. The Labute approximate surface area is 211 Å². The summed E-state index contributed by atoms with van der Waals surface area (Å²) in [7, 11) is 5.13. The maximum atomic E-state index is 6.69. The van der Waals surface area contributed by atoms with E-state index in [1.54, 1.807) is 43.9 Å². The number of fused-ring (bicyclic) bond motifs is 1. The molecular weight excluding hydrogens is 488 g/mol. The zero-order chi connectivity index (χ0) is 24.6. The fourth-order valence-electron chi connectivity index (χ4n) is 3.59. The van der Waals surface area contributed by atoms with Crippen molar-refractivity contribution < 1.29 is 9.47 Å². The van der Waals surface area contributed by atoms with Crippen molar-refractivity contribution in [3.8, 4) is 11.5 Å². The molecular formula is C23H23ClN8O2S. The number of nitrogens with two attached hydrogens (primary N) is 1. The van der Waals surface area contributed by atoms with Crippen LogP contribution in [0.5, 0.6) is 11.5 Å². The van der Waals surface area contributed by atoms with E-state index in [1.165, 1.54) is 11.8 Å². The molecule has 0 radical (unpaired) electrons. The van der Waals surface area contributed by atoms with Crippen LogP contribution in [-0.2, 0) is 12.8 Å². The number of anilines is 1. The van der Waals surface area contributed by atoms with Gasteiger partial charge in [0, 0.05) is 66.2 Å². The molecule has 4 N–H and O–H groups in total. The summed E-state index contributed by atoms with van der Waals surface area (Å²) in [6, 6.07) is 11.1. The highest BCUT2D eigenvalue weighted by Crippen LogP contribution is 2.35. The predicted molar refractivity (Wildman–Crippen MR) is 137 cm³/mol. The lowest BCUT2D eigenvalue weighted by Gasteiger charge is -2.25. The molecule has 1 aromatic heterocycles.